The zero-order valence-corrected chi connectivity index (χ0v) is 7.92. The second-order valence-corrected chi connectivity index (χ2v) is 3.51. The number of rotatable bonds is 0. The quantitative estimate of drug-likeness (QED) is 0.551. The molecule has 0 aromatic heterocycles. The number of fused-ring (bicyclic) bond motifs is 1. The molecule has 2 aliphatic rings. The van der Waals surface area contributed by atoms with Crippen molar-refractivity contribution in [2.24, 2.45) is 4.99 Å². The van der Waals surface area contributed by atoms with Crippen molar-refractivity contribution < 1.29 is 4.79 Å². The zero-order valence-electron chi connectivity index (χ0n) is 7.92. The van der Waals surface area contributed by atoms with E-state index in [1.54, 1.807) is 4.90 Å². The van der Waals surface area contributed by atoms with E-state index in [9.17, 15) is 4.79 Å². The third kappa shape index (κ3) is 1.50. The van der Waals surface area contributed by atoms with Gasteiger partial charge in [0.05, 0.1) is 11.4 Å². The summed E-state index contributed by atoms with van der Waals surface area (Å²) in [6.45, 7) is 0.890. The molecule has 0 radical (unpaired) electrons. The van der Waals surface area contributed by atoms with Gasteiger partial charge in [-0.3, -0.25) is 9.79 Å². The first kappa shape index (κ1) is 8.48. The molecule has 0 aliphatic carbocycles. The molecule has 0 saturated carbocycles. The van der Waals surface area contributed by atoms with Crippen molar-refractivity contribution in [3.05, 3.63) is 11.8 Å². The van der Waals surface area contributed by atoms with E-state index in [0.717, 1.165) is 37.2 Å². The van der Waals surface area contributed by atoms with Crippen LogP contribution >= 0.6 is 0 Å². The number of hydrogen-bond donors (Lipinski definition) is 0. The Morgan fingerprint density at radius 2 is 2.31 bits per heavy atom. The number of allylic oxidation sites excluding steroid dienone is 1. The smallest absolute Gasteiger partial charge is 0.226 e. The lowest BCUT2D eigenvalue weighted by atomic mass is 10.1. The molecule has 1 amide bonds. The second kappa shape index (κ2) is 3.32. The maximum atomic E-state index is 11.5. The average molecular weight is 178 g/mol. The summed E-state index contributed by atoms with van der Waals surface area (Å²) < 4.78 is 0. The van der Waals surface area contributed by atoms with E-state index < -0.39 is 0 Å². The van der Waals surface area contributed by atoms with Crippen LogP contribution in [0, 0.1) is 0 Å². The highest BCUT2D eigenvalue weighted by molar-refractivity contribution is 6.04. The van der Waals surface area contributed by atoms with Gasteiger partial charge in [0.1, 0.15) is 0 Å². The predicted octanol–water partition coefficient (Wildman–Crippen LogP) is 1.36. The maximum Gasteiger partial charge on any atom is 0.226 e. The number of likely N-dealkylation sites (tertiary alicyclic amines) is 1. The summed E-state index contributed by atoms with van der Waals surface area (Å²) in [6.07, 6.45) is 5.66. The first-order valence-electron chi connectivity index (χ1n) is 4.79. The lowest BCUT2D eigenvalue weighted by Crippen LogP contribution is -2.28. The third-order valence-electron chi connectivity index (χ3n) is 2.60. The number of aliphatic imine (C=N–C) groups is 1. The number of hydrogen-bond acceptors (Lipinski definition) is 2. The molecule has 3 heteroatoms. The van der Waals surface area contributed by atoms with Gasteiger partial charge < -0.3 is 4.90 Å². The molecule has 0 bridgehead atoms. The Hall–Kier alpha value is -1.12. The van der Waals surface area contributed by atoms with E-state index in [-0.39, 0.29) is 5.91 Å². The van der Waals surface area contributed by atoms with Crippen LogP contribution in [-0.2, 0) is 4.79 Å². The van der Waals surface area contributed by atoms with Crippen LogP contribution in [0.25, 0.3) is 0 Å². The first-order chi connectivity index (χ1) is 6.29. The molecule has 0 aromatic rings. The van der Waals surface area contributed by atoms with Crippen LogP contribution in [0.3, 0.4) is 0 Å². The number of carbonyl (C=O) groups excluding carboxylic acids is 1. The molecule has 0 unspecified atom stereocenters. The summed E-state index contributed by atoms with van der Waals surface area (Å²) in [7, 11) is 1.85. The Bertz CT molecular complexity index is 291. The van der Waals surface area contributed by atoms with Gasteiger partial charge in [-0.2, -0.15) is 0 Å². The molecule has 2 heterocycles. The van der Waals surface area contributed by atoms with Crippen molar-refractivity contribution in [3.63, 3.8) is 0 Å². The monoisotopic (exact) mass is 178 g/mol. The van der Waals surface area contributed by atoms with Gasteiger partial charge >= 0.3 is 0 Å². The fourth-order valence-corrected chi connectivity index (χ4v) is 1.85. The van der Waals surface area contributed by atoms with E-state index in [1.165, 1.54) is 0 Å². The summed E-state index contributed by atoms with van der Waals surface area (Å²) in [5.74, 6) is 0.221. The van der Waals surface area contributed by atoms with Gasteiger partial charge in [0, 0.05) is 20.0 Å². The second-order valence-electron chi connectivity index (χ2n) is 3.51. The topological polar surface area (TPSA) is 32.7 Å². The average Bonchev–Trinajstić information content (AvgIpc) is 2.29. The highest BCUT2D eigenvalue weighted by atomic mass is 16.2. The standard InChI is InChI=1S/C10H14N2O/c1-12-9-5-3-7-11-8(9)4-2-6-10(12)13/h5H,2-4,6-7H2,1H3. The number of nitrogens with zero attached hydrogens (tertiary/aromatic N) is 2. The molecule has 0 N–H and O–H groups in total. The molecule has 70 valence electrons. The van der Waals surface area contributed by atoms with Crippen molar-refractivity contribution in [2.45, 2.75) is 25.7 Å². The van der Waals surface area contributed by atoms with E-state index in [2.05, 4.69) is 11.1 Å². The minimum Gasteiger partial charge on any atom is -0.314 e. The van der Waals surface area contributed by atoms with Crippen LogP contribution in [-0.4, -0.2) is 30.1 Å². The highest BCUT2D eigenvalue weighted by Crippen LogP contribution is 2.20. The summed E-state index contributed by atoms with van der Waals surface area (Å²) in [6, 6.07) is 0. The Morgan fingerprint density at radius 1 is 1.46 bits per heavy atom. The lowest BCUT2D eigenvalue weighted by molar-refractivity contribution is -0.127. The summed E-state index contributed by atoms with van der Waals surface area (Å²) in [4.78, 5) is 17.7. The molecular formula is C10H14N2O. The van der Waals surface area contributed by atoms with Crippen LogP contribution in [0.5, 0.6) is 0 Å². The van der Waals surface area contributed by atoms with Gasteiger partial charge in [-0.05, 0) is 19.3 Å². The van der Waals surface area contributed by atoms with Crippen LogP contribution in [0.1, 0.15) is 25.7 Å². The fraction of sp³-hybridized carbons (Fsp3) is 0.600. The van der Waals surface area contributed by atoms with Gasteiger partial charge in [-0.15, -0.1) is 0 Å². The van der Waals surface area contributed by atoms with Crippen LogP contribution < -0.4 is 0 Å². The summed E-state index contributed by atoms with van der Waals surface area (Å²) in [5.41, 5.74) is 2.17. The highest BCUT2D eigenvalue weighted by Gasteiger charge is 2.22. The van der Waals surface area contributed by atoms with E-state index in [4.69, 9.17) is 0 Å². The van der Waals surface area contributed by atoms with Gasteiger partial charge in [0.15, 0.2) is 0 Å². The first-order valence-corrected chi connectivity index (χ1v) is 4.79. The van der Waals surface area contributed by atoms with Crippen LogP contribution in [0.2, 0.25) is 0 Å². The molecule has 0 spiro atoms. The van der Waals surface area contributed by atoms with Gasteiger partial charge in [-0.25, -0.2) is 0 Å². The van der Waals surface area contributed by atoms with Crippen molar-refractivity contribution in [1.29, 1.82) is 0 Å². The predicted molar refractivity (Wildman–Crippen MR) is 51.6 cm³/mol. The molecule has 1 saturated heterocycles. The number of amides is 1. The minimum atomic E-state index is 0.221. The van der Waals surface area contributed by atoms with Crippen LogP contribution in [0.15, 0.2) is 16.8 Å². The SMILES string of the molecule is CN1C(=O)CCCC2=NCCC=C21. The molecule has 0 aromatic carbocycles. The largest absolute Gasteiger partial charge is 0.314 e. The van der Waals surface area contributed by atoms with Crippen molar-refractivity contribution in [1.82, 2.24) is 4.90 Å². The molecule has 1 fully saturated rings. The van der Waals surface area contributed by atoms with E-state index in [1.807, 2.05) is 7.05 Å². The Kier molecular flexibility index (Phi) is 2.17. The van der Waals surface area contributed by atoms with Crippen molar-refractivity contribution >= 4 is 11.6 Å². The molecule has 0 atom stereocenters. The summed E-state index contributed by atoms with van der Waals surface area (Å²) >= 11 is 0. The van der Waals surface area contributed by atoms with Crippen molar-refractivity contribution in [2.75, 3.05) is 13.6 Å². The molecule has 3 nitrogen and oxygen atoms in total. The Labute approximate surface area is 78.1 Å². The van der Waals surface area contributed by atoms with Gasteiger partial charge in [-0.1, -0.05) is 6.08 Å². The number of carbonyl (C=O) groups is 1. The fourth-order valence-electron chi connectivity index (χ4n) is 1.85. The lowest BCUT2D eigenvalue weighted by Gasteiger charge is -2.21. The van der Waals surface area contributed by atoms with Crippen molar-refractivity contribution in [3.8, 4) is 0 Å². The van der Waals surface area contributed by atoms with E-state index in [0.29, 0.717) is 6.42 Å². The summed E-state index contributed by atoms with van der Waals surface area (Å²) in [5, 5.41) is 0. The zero-order chi connectivity index (χ0) is 9.26. The normalized spacial score (nSPS) is 23.2. The molecule has 2 aliphatic heterocycles. The molecule has 13 heavy (non-hydrogen) atoms. The molecule has 2 rings (SSSR count). The van der Waals surface area contributed by atoms with Crippen LogP contribution in [0.4, 0.5) is 0 Å². The van der Waals surface area contributed by atoms with E-state index >= 15 is 0 Å². The van der Waals surface area contributed by atoms with Gasteiger partial charge in [0.2, 0.25) is 5.91 Å². The third-order valence-corrected chi connectivity index (χ3v) is 2.60. The number of dihydropyridines is 1. The minimum absolute atomic E-state index is 0.221. The molecular weight excluding hydrogens is 164 g/mol. The van der Waals surface area contributed by atoms with Gasteiger partial charge in [0.25, 0.3) is 0 Å². The Morgan fingerprint density at radius 3 is 3.15 bits per heavy atom. The maximum absolute atomic E-state index is 11.5. The Balaban J connectivity index is 2.31.